The van der Waals surface area contributed by atoms with Gasteiger partial charge in [0.1, 0.15) is 36.2 Å². The Morgan fingerprint density at radius 2 is 1.76 bits per heavy atom. The number of anilines is 4. The van der Waals surface area contributed by atoms with Gasteiger partial charge in [-0.05, 0) is 38.0 Å². The van der Waals surface area contributed by atoms with Crippen molar-refractivity contribution < 1.29 is 73.3 Å². The molecule has 1 aromatic heterocycles. The lowest BCUT2D eigenvalue weighted by molar-refractivity contribution is -0.192. The normalized spacial score (nSPS) is 26.2. The summed E-state index contributed by atoms with van der Waals surface area (Å²) in [4.78, 5) is 51.4. The van der Waals surface area contributed by atoms with Crippen LogP contribution < -0.4 is 26.8 Å². The van der Waals surface area contributed by atoms with Crippen molar-refractivity contribution in [3.63, 3.8) is 0 Å². The Balaban J connectivity index is 1.22. The minimum Gasteiger partial charge on any atom is -0.481 e. The molecule has 4 rings (SSSR count). The molecule has 23 heteroatoms. The van der Waals surface area contributed by atoms with Gasteiger partial charge in [-0.3, -0.25) is 23.6 Å². The van der Waals surface area contributed by atoms with E-state index in [0.29, 0.717) is 23.0 Å². The molecule has 1 saturated heterocycles. The van der Waals surface area contributed by atoms with Crippen LogP contribution in [0.1, 0.15) is 32.3 Å². The van der Waals surface area contributed by atoms with Crippen LogP contribution in [0, 0.1) is 0 Å². The first-order valence-corrected chi connectivity index (χ1v) is 18.4. The molecule has 2 unspecified atom stereocenters. The third-order valence-corrected chi connectivity index (χ3v) is 9.79. The highest BCUT2D eigenvalue weighted by atomic mass is 31.2. The number of carboxylic acid groups (broad SMARTS) is 2. The van der Waals surface area contributed by atoms with Crippen LogP contribution in [0.15, 0.2) is 29.1 Å². The van der Waals surface area contributed by atoms with E-state index in [1.165, 1.54) is 0 Å². The van der Waals surface area contributed by atoms with Crippen molar-refractivity contribution in [2.75, 3.05) is 41.5 Å². The molecule has 22 nitrogen and oxygen atoms in total. The number of hydrogen-bond donors (Lipinski definition) is 13. The largest absolute Gasteiger partial charge is 0.481 e. The summed E-state index contributed by atoms with van der Waals surface area (Å²) in [6.07, 6.45) is -14.8. The number of hydrogen-bond acceptors (Lipinski definition) is 18. The first-order chi connectivity index (χ1) is 25.4. The summed E-state index contributed by atoms with van der Waals surface area (Å²) < 4.78 is 32.0. The number of nitrogens with zero attached hydrogens (tertiary/aromatic N) is 1. The Bertz CT molecular complexity index is 1690. The number of rotatable bonds is 20. The Hall–Kier alpha value is -3.93. The molecule has 0 spiro atoms. The predicted octanol–water partition coefficient (Wildman–Crippen LogP) is -1.55. The fourth-order valence-electron chi connectivity index (χ4n) is 5.81. The molecule has 54 heavy (non-hydrogen) atoms. The lowest BCUT2D eigenvalue weighted by atomic mass is 9.98. The first-order valence-electron chi connectivity index (χ1n) is 16.9. The van der Waals surface area contributed by atoms with E-state index in [1.807, 2.05) is 13.8 Å². The minimum absolute atomic E-state index is 0.0661. The van der Waals surface area contributed by atoms with Crippen molar-refractivity contribution in [1.29, 1.82) is 0 Å². The number of phosphoric ester groups is 1. The zero-order chi connectivity index (χ0) is 39.9. The summed E-state index contributed by atoms with van der Waals surface area (Å²) in [5.74, 6) is -2.30. The second kappa shape index (κ2) is 18.6. The number of carboxylic acids is 2. The number of H-pyrrole nitrogens is 1. The van der Waals surface area contributed by atoms with Gasteiger partial charge in [-0.25, -0.2) is 9.36 Å². The van der Waals surface area contributed by atoms with E-state index in [4.69, 9.17) is 19.7 Å². The monoisotopic (exact) mass is 790 g/mol. The van der Waals surface area contributed by atoms with Crippen LogP contribution in [0.25, 0.3) is 0 Å². The van der Waals surface area contributed by atoms with Crippen LogP contribution in [-0.2, 0) is 39.1 Å². The highest BCUT2D eigenvalue weighted by Crippen LogP contribution is 2.46. The summed E-state index contributed by atoms with van der Waals surface area (Å²) in [6, 6.07) is 6.50. The number of aliphatic hydroxyl groups excluding tert-OH is 5. The van der Waals surface area contributed by atoms with Crippen LogP contribution in [0.2, 0.25) is 0 Å². The van der Waals surface area contributed by atoms with Crippen molar-refractivity contribution in [1.82, 2.24) is 9.97 Å². The van der Waals surface area contributed by atoms with Crippen LogP contribution in [0.3, 0.4) is 0 Å². The fourth-order valence-corrected chi connectivity index (χ4v) is 6.72. The predicted molar refractivity (Wildman–Crippen MR) is 188 cm³/mol. The number of nitrogens with one attached hydrogen (secondary N) is 5. The molecule has 0 aliphatic carbocycles. The molecular formula is C31H47N6O16P. The number of fused-ring (bicyclic) bond motifs is 1. The third-order valence-electron chi connectivity index (χ3n) is 8.80. The highest BCUT2D eigenvalue weighted by molar-refractivity contribution is 7.47. The first kappa shape index (κ1) is 42.8. The number of aliphatic carboxylic acids is 2. The van der Waals surface area contributed by atoms with Gasteiger partial charge in [0.05, 0.1) is 25.4 Å². The van der Waals surface area contributed by atoms with Crippen LogP contribution in [0.4, 0.5) is 23.1 Å². The van der Waals surface area contributed by atoms with Gasteiger partial charge in [-0.1, -0.05) is 12.1 Å². The average molecular weight is 791 g/mol. The van der Waals surface area contributed by atoms with Crippen LogP contribution in [-0.4, -0.2) is 150 Å². The Morgan fingerprint density at radius 3 is 2.39 bits per heavy atom. The van der Waals surface area contributed by atoms with Gasteiger partial charge < -0.3 is 71.4 Å². The molecule has 13 N–H and O–H groups in total. The van der Waals surface area contributed by atoms with Gasteiger partial charge in [0.25, 0.3) is 5.56 Å². The maximum absolute atomic E-state index is 12.6. The van der Waals surface area contributed by atoms with E-state index in [9.17, 15) is 49.4 Å². The standard InChI is InChI=1S/C31H47N6O16P/c1-13(22-14(2)34-27-23(35-22)28(45)37-31(32-3)36-27)33-16-6-4-15(5-7-16)10-17(38)24(42)18(39)11-50-30-26(44)25(43)20(52-30)12-51-54(48,49)53-19(29(46)47)8-9-21(40)41/h4-7,13-14,17-20,22,24-26,30,33,35,38-39,42-44H,8-12H2,1-3H3,(H,40,41)(H,46,47)(H,48,49)(H3,32,34,36,37,45)/t13-,14+,17+,18-,19+,20-,22?,24+,25-,26-,30+/m1/s1. The number of aromatic nitrogens is 2. The summed E-state index contributed by atoms with van der Waals surface area (Å²) in [6.45, 7) is 2.33. The fraction of sp³-hybridized carbons (Fsp3) is 0.613. The zero-order valence-corrected chi connectivity index (χ0v) is 30.3. The topological polar surface area (TPSA) is 344 Å². The minimum atomic E-state index is -5.11. The van der Waals surface area contributed by atoms with Gasteiger partial charge in [-0.2, -0.15) is 4.98 Å². The summed E-state index contributed by atoms with van der Waals surface area (Å²) in [5, 5.41) is 82.8. The molecule has 12 atom stereocenters. The van der Waals surface area contributed by atoms with Gasteiger partial charge in [0.15, 0.2) is 18.2 Å². The molecule has 2 aliphatic rings. The molecule has 0 amide bonds. The molecule has 2 aromatic rings. The molecule has 2 aliphatic heterocycles. The third kappa shape index (κ3) is 11.3. The second-order valence-corrected chi connectivity index (χ2v) is 14.3. The number of ether oxygens (including phenoxy) is 2. The van der Waals surface area contributed by atoms with E-state index in [0.717, 1.165) is 5.69 Å². The summed E-state index contributed by atoms with van der Waals surface area (Å²) in [5.41, 5.74) is 1.36. The van der Waals surface area contributed by atoms with Crippen LogP contribution >= 0.6 is 7.82 Å². The molecule has 0 bridgehead atoms. The number of carbonyl (C=O) groups is 2. The molecule has 1 fully saturated rings. The van der Waals surface area contributed by atoms with Gasteiger partial charge in [-0.15, -0.1) is 0 Å². The SMILES string of the molecule is CNc1nc2c(c(=O)[nH]1)NC([C@@H](C)Nc1ccc(C[C@H](O)[C@H](O)[C@H](O)CO[C@H]3O[C@H](COP(=O)(O)O[C@@H](CCC(=O)O)C(=O)O)[C@@H](O)[C@H]3O)cc1)[C@H](C)N2. The second-order valence-electron chi connectivity index (χ2n) is 12.9. The average Bonchev–Trinajstić information content (AvgIpc) is 3.39. The van der Waals surface area contributed by atoms with Gasteiger partial charge >= 0.3 is 19.8 Å². The van der Waals surface area contributed by atoms with E-state index in [2.05, 4.69) is 40.3 Å². The zero-order valence-electron chi connectivity index (χ0n) is 29.4. The van der Waals surface area contributed by atoms with E-state index in [-0.39, 0.29) is 30.1 Å². The van der Waals surface area contributed by atoms with Crippen molar-refractivity contribution in [2.24, 2.45) is 0 Å². The molecular weight excluding hydrogens is 743 g/mol. The molecule has 3 heterocycles. The Kier molecular flexibility index (Phi) is 14.7. The molecule has 0 saturated carbocycles. The lowest BCUT2D eigenvalue weighted by Gasteiger charge is -2.37. The lowest BCUT2D eigenvalue weighted by Crippen LogP contribution is -2.51. The number of aliphatic hydroxyl groups is 5. The molecule has 302 valence electrons. The number of aromatic amines is 1. The van der Waals surface area contributed by atoms with E-state index in [1.54, 1.807) is 31.3 Å². The van der Waals surface area contributed by atoms with Gasteiger partial charge in [0.2, 0.25) is 5.95 Å². The Labute approximate surface area is 308 Å². The van der Waals surface area contributed by atoms with Gasteiger partial charge in [0, 0.05) is 37.7 Å². The Morgan fingerprint density at radius 1 is 1.07 bits per heavy atom. The van der Waals surface area contributed by atoms with Crippen molar-refractivity contribution in [3.8, 4) is 0 Å². The number of phosphoric acid groups is 1. The van der Waals surface area contributed by atoms with Crippen molar-refractivity contribution >= 4 is 42.9 Å². The maximum atomic E-state index is 12.6. The maximum Gasteiger partial charge on any atom is 0.473 e. The number of benzene rings is 1. The highest BCUT2D eigenvalue weighted by Gasteiger charge is 2.45. The summed E-state index contributed by atoms with van der Waals surface area (Å²) in [7, 11) is -3.46. The van der Waals surface area contributed by atoms with Crippen LogP contribution in [0.5, 0.6) is 0 Å². The van der Waals surface area contributed by atoms with Crippen molar-refractivity contribution in [2.45, 2.75) is 100 Å². The molecule has 1 aromatic carbocycles. The quantitative estimate of drug-likeness (QED) is 0.0675. The summed E-state index contributed by atoms with van der Waals surface area (Å²) >= 11 is 0. The van der Waals surface area contributed by atoms with E-state index >= 15 is 0 Å². The smallest absolute Gasteiger partial charge is 0.473 e. The van der Waals surface area contributed by atoms with E-state index < -0.39 is 94.8 Å². The molecule has 0 radical (unpaired) electrons. The van der Waals surface area contributed by atoms with Crippen molar-refractivity contribution in [3.05, 3.63) is 40.2 Å².